The van der Waals surface area contributed by atoms with Crippen molar-refractivity contribution in [1.82, 2.24) is 0 Å². The number of aliphatic carboxylic acids is 1. The van der Waals surface area contributed by atoms with Gasteiger partial charge in [-0.05, 0) is 80.2 Å². The minimum Gasteiger partial charge on any atom is -0.481 e. The molecule has 0 amide bonds. The molecule has 8 heteroatoms. The lowest BCUT2D eigenvalue weighted by Crippen LogP contribution is -2.44. The van der Waals surface area contributed by atoms with E-state index in [1.54, 1.807) is 6.08 Å². The zero-order chi connectivity index (χ0) is 28.0. The SMILES string of the molecule is CC[C@H](Oc1ccc(C)c(C)c1)C(=O)O[C@H]1C[C@H](O)C=C2C=C[C@@H](C)[C@H](CC[C@@H](O)C[C@@H](O)CC(=O)O)[C@H]21. The van der Waals surface area contributed by atoms with Crippen molar-refractivity contribution in [1.29, 1.82) is 0 Å². The number of aliphatic hydroxyl groups is 3. The van der Waals surface area contributed by atoms with Crippen LogP contribution < -0.4 is 4.74 Å². The van der Waals surface area contributed by atoms with Crippen molar-refractivity contribution in [3.63, 3.8) is 0 Å². The predicted molar refractivity (Wildman–Crippen MR) is 143 cm³/mol. The average Bonchev–Trinajstić information content (AvgIpc) is 2.83. The Morgan fingerprint density at radius 3 is 2.53 bits per heavy atom. The zero-order valence-electron chi connectivity index (χ0n) is 22.7. The molecule has 2 aliphatic carbocycles. The van der Waals surface area contributed by atoms with E-state index >= 15 is 0 Å². The van der Waals surface area contributed by atoms with Gasteiger partial charge in [0.2, 0.25) is 0 Å². The first kappa shape index (κ1) is 29.9. The normalized spacial score (nSPS) is 27.0. The average molecular weight is 531 g/mol. The summed E-state index contributed by atoms with van der Waals surface area (Å²) in [6.45, 7) is 7.94. The van der Waals surface area contributed by atoms with Crippen LogP contribution in [-0.2, 0) is 14.3 Å². The maximum absolute atomic E-state index is 13.3. The van der Waals surface area contributed by atoms with Crippen LogP contribution in [-0.4, -0.2) is 62.9 Å². The van der Waals surface area contributed by atoms with Gasteiger partial charge >= 0.3 is 11.9 Å². The van der Waals surface area contributed by atoms with Crippen LogP contribution in [0.4, 0.5) is 0 Å². The molecule has 0 aliphatic heterocycles. The van der Waals surface area contributed by atoms with Crippen molar-refractivity contribution < 1.29 is 39.5 Å². The molecule has 8 atom stereocenters. The second kappa shape index (κ2) is 13.4. The highest BCUT2D eigenvalue weighted by Gasteiger charge is 2.42. The van der Waals surface area contributed by atoms with E-state index in [2.05, 4.69) is 13.0 Å². The van der Waals surface area contributed by atoms with E-state index in [-0.39, 0.29) is 30.6 Å². The first-order valence-electron chi connectivity index (χ1n) is 13.6. The topological polar surface area (TPSA) is 134 Å². The number of ether oxygens (including phenoxy) is 2. The molecular weight excluding hydrogens is 488 g/mol. The van der Waals surface area contributed by atoms with Crippen LogP contribution in [0.2, 0.25) is 0 Å². The molecule has 0 saturated carbocycles. The molecule has 8 nitrogen and oxygen atoms in total. The Labute approximate surface area is 225 Å². The standard InChI is InChI=1S/C30H42O8/c1-5-26(37-24-10-7-17(2)19(4)12-24)30(36)38-27-15-22(32)13-20-8-6-18(3)25(29(20)27)11-9-21(31)14-23(33)16-28(34)35/h6-8,10,12-13,18,21-23,25-27,29,31-33H,5,9,11,14-16H2,1-4H3,(H,34,35)/t18-,21-,22-,23-,25+,26+,27+,29+/m1/s1. The lowest BCUT2D eigenvalue weighted by atomic mass is 9.66. The molecule has 0 bridgehead atoms. The number of carbonyl (C=O) groups excluding carboxylic acids is 1. The van der Waals surface area contributed by atoms with Gasteiger partial charge < -0.3 is 29.9 Å². The van der Waals surface area contributed by atoms with E-state index in [0.29, 0.717) is 25.0 Å². The lowest BCUT2D eigenvalue weighted by molar-refractivity contribution is -0.163. The quantitative estimate of drug-likeness (QED) is 0.299. The summed E-state index contributed by atoms with van der Waals surface area (Å²) in [7, 11) is 0. The van der Waals surface area contributed by atoms with Gasteiger partial charge in [-0.15, -0.1) is 0 Å². The second-order valence-electron chi connectivity index (χ2n) is 10.8. The Bertz CT molecular complexity index is 1030. The monoisotopic (exact) mass is 530 g/mol. The van der Waals surface area contributed by atoms with Gasteiger partial charge in [0.1, 0.15) is 11.9 Å². The molecule has 1 aromatic rings. The van der Waals surface area contributed by atoms with Crippen molar-refractivity contribution in [2.24, 2.45) is 17.8 Å². The minimum absolute atomic E-state index is 0.0122. The fourth-order valence-corrected chi connectivity index (χ4v) is 5.56. The number of aryl methyl sites for hydroxylation is 2. The molecule has 1 aromatic carbocycles. The maximum atomic E-state index is 13.3. The summed E-state index contributed by atoms with van der Waals surface area (Å²) in [5.74, 6) is -0.961. The lowest BCUT2D eigenvalue weighted by Gasteiger charge is -2.43. The van der Waals surface area contributed by atoms with E-state index in [4.69, 9.17) is 14.6 Å². The number of carboxylic acid groups (broad SMARTS) is 1. The van der Waals surface area contributed by atoms with Gasteiger partial charge in [-0.2, -0.15) is 0 Å². The number of hydrogen-bond acceptors (Lipinski definition) is 7. The van der Waals surface area contributed by atoms with E-state index < -0.39 is 48.9 Å². The van der Waals surface area contributed by atoms with Crippen molar-refractivity contribution in [3.8, 4) is 5.75 Å². The van der Waals surface area contributed by atoms with Gasteiger partial charge in [-0.25, -0.2) is 4.79 Å². The van der Waals surface area contributed by atoms with E-state index in [1.807, 2.05) is 45.0 Å². The summed E-state index contributed by atoms with van der Waals surface area (Å²) in [6.07, 6.45) is 3.07. The largest absolute Gasteiger partial charge is 0.481 e. The van der Waals surface area contributed by atoms with Gasteiger partial charge in [0.25, 0.3) is 0 Å². The molecule has 0 aromatic heterocycles. The van der Waals surface area contributed by atoms with Gasteiger partial charge in [-0.3, -0.25) is 4.79 Å². The summed E-state index contributed by atoms with van der Waals surface area (Å²) in [4.78, 5) is 24.1. The van der Waals surface area contributed by atoms with Gasteiger partial charge in [0.15, 0.2) is 6.10 Å². The van der Waals surface area contributed by atoms with E-state index in [9.17, 15) is 24.9 Å². The molecule has 0 fully saturated rings. The fourth-order valence-electron chi connectivity index (χ4n) is 5.56. The number of esters is 1. The van der Waals surface area contributed by atoms with Gasteiger partial charge in [-0.1, -0.05) is 38.1 Å². The van der Waals surface area contributed by atoms with Crippen LogP contribution >= 0.6 is 0 Å². The fraction of sp³-hybridized carbons (Fsp3) is 0.600. The Kier molecular flexibility index (Phi) is 10.5. The molecule has 2 aliphatic rings. The molecule has 0 heterocycles. The number of allylic oxidation sites excluding steroid dienone is 2. The molecule has 0 saturated heterocycles. The maximum Gasteiger partial charge on any atom is 0.347 e. The van der Waals surface area contributed by atoms with Crippen LogP contribution in [0.1, 0.15) is 63.5 Å². The second-order valence-corrected chi connectivity index (χ2v) is 10.8. The number of hydrogen-bond donors (Lipinski definition) is 4. The Morgan fingerprint density at radius 1 is 1.13 bits per heavy atom. The van der Waals surface area contributed by atoms with Crippen molar-refractivity contribution in [3.05, 3.63) is 53.1 Å². The summed E-state index contributed by atoms with van der Waals surface area (Å²) in [6, 6.07) is 5.69. The third-order valence-electron chi connectivity index (χ3n) is 7.82. The summed E-state index contributed by atoms with van der Waals surface area (Å²) >= 11 is 0. The van der Waals surface area contributed by atoms with Crippen LogP contribution in [0, 0.1) is 31.6 Å². The number of benzene rings is 1. The van der Waals surface area contributed by atoms with Crippen molar-refractivity contribution in [2.45, 2.75) is 96.7 Å². The Balaban J connectivity index is 1.71. The van der Waals surface area contributed by atoms with Crippen LogP contribution in [0.15, 0.2) is 42.0 Å². The Hall–Kier alpha value is -2.68. The molecule has 0 spiro atoms. The molecule has 4 N–H and O–H groups in total. The van der Waals surface area contributed by atoms with Gasteiger partial charge in [0, 0.05) is 12.3 Å². The third-order valence-corrected chi connectivity index (χ3v) is 7.82. The number of carbonyl (C=O) groups is 2. The summed E-state index contributed by atoms with van der Waals surface area (Å²) < 4.78 is 12.0. The zero-order valence-corrected chi connectivity index (χ0v) is 22.7. The predicted octanol–water partition coefficient (Wildman–Crippen LogP) is 3.87. The van der Waals surface area contributed by atoms with Crippen LogP contribution in [0.25, 0.3) is 0 Å². The number of aliphatic hydroxyl groups excluding tert-OH is 3. The first-order chi connectivity index (χ1) is 18.0. The molecular formula is C30H42O8. The van der Waals surface area contributed by atoms with Crippen LogP contribution in [0.5, 0.6) is 5.75 Å². The Morgan fingerprint density at radius 2 is 1.87 bits per heavy atom. The van der Waals surface area contributed by atoms with E-state index in [0.717, 1.165) is 16.7 Å². The number of fused-ring (bicyclic) bond motifs is 1. The van der Waals surface area contributed by atoms with Gasteiger partial charge in [0.05, 0.1) is 24.7 Å². The highest BCUT2D eigenvalue weighted by atomic mass is 16.6. The first-order valence-corrected chi connectivity index (χ1v) is 13.6. The number of rotatable bonds is 12. The van der Waals surface area contributed by atoms with Crippen molar-refractivity contribution in [2.75, 3.05) is 0 Å². The molecule has 3 rings (SSSR count). The third kappa shape index (κ3) is 7.91. The molecule has 38 heavy (non-hydrogen) atoms. The van der Waals surface area contributed by atoms with Crippen LogP contribution in [0.3, 0.4) is 0 Å². The molecule has 210 valence electrons. The molecule has 0 radical (unpaired) electrons. The highest BCUT2D eigenvalue weighted by Crippen LogP contribution is 2.44. The molecule has 0 unspecified atom stereocenters. The minimum atomic E-state index is -1.11. The number of carboxylic acids is 1. The summed E-state index contributed by atoms with van der Waals surface area (Å²) in [5, 5.41) is 39.7. The van der Waals surface area contributed by atoms with E-state index in [1.165, 1.54) is 0 Å². The summed E-state index contributed by atoms with van der Waals surface area (Å²) in [5.41, 5.74) is 3.11. The highest BCUT2D eigenvalue weighted by molar-refractivity contribution is 5.75. The van der Waals surface area contributed by atoms with Crippen molar-refractivity contribution >= 4 is 11.9 Å². The smallest absolute Gasteiger partial charge is 0.347 e.